The van der Waals surface area contributed by atoms with E-state index in [4.69, 9.17) is 16.3 Å². The molecule has 0 N–H and O–H groups in total. The molecule has 6 nitrogen and oxygen atoms in total. The standard InChI is InChI=1S/C19H14ClF3N4O2S/c1-9-12(10(2)27-18(24-9)25-17(26-27)19(21,22)23)7-15(28)29-8-14-16(20)11-5-3-4-6-13(11)30-14/h3-6H,7-8H2,1-2H3. The molecule has 156 valence electrons. The summed E-state index contributed by atoms with van der Waals surface area (Å²) in [5, 5.41) is 4.91. The van der Waals surface area contributed by atoms with E-state index in [0.29, 0.717) is 22.0 Å². The Morgan fingerprint density at radius 3 is 2.67 bits per heavy atom. The normalized spacial score (nSPS) is 12.1. The maximum absolute atomic E-state index is 12.9. The molecule has 4 rings (SSSR count). The van der Waals surface area contributed by atoms with Crippen LogP contribution in [0.25, 0.3) is 15.9 Å². The smallest absolute Gasteiger partial charge is 0.453 e. The molecule has 0 aliphatic heterocycles. The average Bonchev–Trinajstić information content (AvgIpc) is 3.25. The van der Waals surface area contributed by atoms with Gasteiger partial charge in [-0.3, -0.25) is 4.79 Å². The molecule has 3 heterocycles. The fourth-order valence-corrected chi connectivity index (χ4v) is 4.48. The van der Waals surface area contributed by atoms with Crippen LogP contribution in [0, 0.1) is 13.8 Å². The first kappa shape index (κ1) is 20.5. The van der Waals surface area contributed by atoms with E-state index >= 15 is 0 Å². The number of carbonyl (C=O) groups excluding carboxylic acids is 1. The number of ether oxygens (including phenoxy) is 1. The van der Waals surface area contributed by atoms with Crippen LogP contribution in [0.4, 0.5) is 13.2 Å². The molecule has 0 spiro atoms. The summed E-state index contributed by atoms with van der Waals surface area (Å²) >= 11 is 7.79. The maximum atomic E-state index is 12.9. The number of aryl methyl sites for hydroxylation is 2. The minimum atomic E-state index is -4.68. The number of nitrogens with zero attached hydrogens (tertiary/aromatic N) is 4. The Kier molecular flexibility index (Phi) is 5.15. The molecule has 3 aromatic heterocycles. The van der Waals surface area contributed by atoms with Gasteiger partial charge in [-0.2, -0.15) is 18.2 Å². The molecule has 0 saturated heterocycles. The van der Waals surface area contributed by atoms with Crippen LogP contribution in [-0.2, 0) is 28.7 Å². The lowest BCUT2D eigenvalue weighted by atomic mass is 10.1. The number of fused-ring (bicyclic) bond motifs is 2. The third kappa shape index (κ3) is 3.72. The molecule has 0 atom stereocenters. The molecular formula is C19H14ClF3N4O2S. The highest BCUT2D eigenvalue weighted by atomic mass is 35.5. The Morgan fingerprint density at radius 2 is 1.97 bits per heavy atom. The summed E-state index contributed by atoms with van der Waals surface area (Å²) in [5.41, 5.74) is 1.17. The lowest BCUT2D eigenvalue weighted by Gasteiger charge is -2.10. The summed E-state index contributed by atoms with van der Waals surface area (Å²) < 4.78 is 46.0. The fourth-order valence-electron chi connectivity index (χ4n) is 3.08. The zero-order valence-electron chi connectivity index (χ0n) is 15.7. The van der Waals surface area contributed by atoms with Gasteiger partial charge in [0.1, 0.15) is 6.61 Å². The quantitative estimate of drug-likeness (QED) is 0.410. The van der Waals surface area contributed by atoms with Gasteiger partial charge in [-0.1, -0.05) is 29.8 Å². The van der Waals surface area contributed by atoms with Crippen molar-refractivity contribution < 1.29 is 22.7 Å². The second-order valence-corrected chi connectivity index (χ2v) is 8.09. The molecule has 0 saturated carbocycles. The largest absolute Gasteiger partial charge is 0.460 e. The molecule has 0 radical (unpaired) electrons. The molecule has 30 heavy (non-hydrogen) atoms. The molecule has 0 bridgehead atoms. The highest BCUT2D eigenvalue weighted by molar-refractivity contribution is 7.19. The highest BCUT2D eigenvalue weighted by Gasteiger charge is 2.37. The van der Waals surface area contributed by atoms with Gasteiger partial charge < -0.3 is 4.74 Å². The van der Waals surface area contributed by atoms with Gasteiger partial charge in [0.15, 0.2) is 0 Å². The van der Waals surface area contributed by atoms with Crippen LogP contribution in [0.3, 0.4) is 0 Å². The second-order valence-electron chi connectivity index (χ2n) is 6.58. The summed E-state index contributed by atoms with van der Waals surface area (Å²) in [6.45, 7) is 3.16. The van der Waals surface area contributed by atoms with Crippen LogP contribution in [-0.4, -0.2) is 25.6 Å². The van der Waals surface area contributed by atoms with Gasteiger partial charge in [-0.25, -0.2) is 9.50 Å². The van der Waals surface area contributed by atoms with Crippen molar-refractivity contribution in [2.45, 2.75) is 33.1 Å². The van der Waals surface area contributed by atoms with E-state index in [1.807, 2.05) is 24.3 Å². The van der Waals surface area contributed by atoms with E-state index in [0.717, 1.165) is 19.5 Å². The average molecular weight is 455 g/mol. The zero-order chi connectivity index (χ0) is 21.6. The van der Waals surface area contributed by atoms with E-state index in [1.165, 1.54) is 11.3 Å². The van der Waals surface area contributed by atoms with Crippen LogP contribution in [0.15, 0.2) is 24.3 Å². The second kappa shape index (κ2) is 7.51. The number of rotatable bonds is 4. The van der Waals surface area contributed by atoms with Crippen molar-refractivity contribution in [3.05, 3.63) is 56.9 Å². The third-order valence-electron chi connectivity index (χ3n) is 4.59. The number of halogens is 4. The summed E-state index contributed by atoms with van der Waals surface area (Å²) in [4.78, 5) is 20.6. The molecule has 0 fully saturated rings. The van der Waals surface area contributed by atoms with Crippen LogP contribution in [0.5, 0.6) is 0 Å². The number of alkyl halides is 3. The van der Waals surface area contributed by atoms with Crippen molar-refractivity contribution >= 4 is 44.8 Å². The van der Waals surface area contributed by atoms with Gasteiger partial charge in [0, 0.05) is 27.0 Å². The fraction of sp³-hybridized carbons (Fsp3) is 0.263. The van der Waals surface area contributed by atoms with Gasteiger partial charge in [0.25, 0.3) is 11.6 Å². The predicted molar refractivity (Wildman–Crippen MR) is 106 cm³/mol. The Bertz CT molecular complexity index is 1280. The van der Waals surface area contributed by atoms with E-state index in [2.05, 4.69) is 15.1 Å². The molecular weight excluding hydrogens is 441 g/mol. The molecule has 0 aliphatic rings. The van der Waals surface area contributed by atoms with Gasteiger partial charge >= 0.3 is 12.1 Å². The van der Waals surface area contributed by atoms with E-state index in [1.54, 1.807) is 13.8 Å². The van der Waals surface area contributed by atoms with E-state index in [-0.39, 0.29) is 18.8 Å². The minimum absolute atomic E-state index is 0.00628. The molecule has 4 aromatic rings. The minimum Gasteiger partial charge on any atom is -0.460 e. The van der Waals surface area contributed by atoms with Gasteiger partial charge in [0.05, 0.1) is 16.3 Å². The summed E-state index contributed by atoms with van der Waals surface area (Å²) in [5.74, 6) is -2.00. The lowest BCUT2D eigenvalue weighted by molar-refractivity contribution is -0.145. The summed E-state index contributed by atoms with van der Waals surface area (Å²) in [6, 6.07) is 7.59. The number of hydrogen-bond acceptors (Lipinski definition) is 6. The molecule has 1 aromatic carbocycles. The number of hydrogen-bond donors (Lipinski definition) is 0. The van der Waals surface area contributed by atoms with Crippen molar-refractivity contribution in [3.63, 3.8) is 0 Å². The van der Waals surface area contributed by atoms with Crippen LogP contribution in [0.2, 0.25) is 5.02 Å². The van der Waals surface area contributed by atoms with E-state index < -0.39 is 18.0 Å². The number of carbonyl (C=O) groups is 1. The Morgan fingerprint density at radius 1 is 1.23 bits per heavy atom. The highest BCUT2D eigenvalue weighted by Crippen LogP contribution is 2.35. The lowest BCUT2D eigenvalue weighted by Crippen LogP contribution is -2.13. The number of aromatic nitrogens is 4. The zero-order valence-corrected chi connectivity index (χ0v) is 17.3. The summed E-state index contributed by atoms with van der Waals surface area (Å²) in [6.07, 6.45) is -4.85. The van der Waals surface area contributed by atoms with Crippen LogP contribution in [0.1, 0.15) is 27.7 Å². The van der Waals surface area contributed by atoms with Crippen molar-refractivity contribution in [1.29, 1.82) is 0 Å². The summed E-state index contributed by atoms with van der Waals surface area (Å²) in [7, 11) is 0. The number of benzene rings is 1. The molecule has 11 heteroatoms. The molecule has 0 amide bonds. The van der Waals surface area contributed by atoms with Crippen LogP contribution >= 0.6 is 22.9 Å². The predicted octanol–water partition coefficient (Wildman–Crippen LogP) is 4.91. The topological polar surface area (TPSA) is 69.4 Å². The van der Waals surface area contributed by atoms with Crippen LogP contribution < -0.4 is 0 Å². The Balaban J connectivity index is 1.54. The van der Waals surface area contributed by atoms with Gasteiger partial charge in [-0.05, 0) is 19.9 Å². The number of esters is 1. The molecule has 0 aliphatic carbocycles. The third-order valence-corrected chi connectivity index (χ3v) is 6.28. The first-order valence-corrected chi connectivity index (χ1v) is 9.96. The monoisotopic (exact) mass is 454 g/mol. The van der Waals surface area contributed by atoms with Gasteiger partial charge in [-0.15, -0.1) is 16.4 Å². The Hall–Kier alpha value is -2.72. The van der Waals surface area contributed by atoms with Crippen molar-refractivity contribution in [2.75, 3.05) is 0 Å². The van der Waals surface area contributed by atoms with Crippen molar-refractivity contribution in [1.82, 2.24) is 19.6 Å². The first-order chi connectivity index (χ1) is 14.1. The van der Waals surface area contributed by atoms with Crippen molar-refractivity contribution in [2.24, 2.45) is 0 Å². The molecule has 0 unspecified atom stereocenters. The SMILES string of the molecule is Cc1nc2nc(C(F)(F)F)nn2c(C)c1CC(=O)OCc1sc2ccccc2c1Cl. The number of thiophene rings is 1. The first-order valence-electron chi connectivity index (χ1n) is 8.76. The van der Waals surface area contributed by atoms with Crippen molar-refractivity contribution in [3.8, 4) is 0 Å². The van der Waals surface area contributed by atoms with E-state index in [9.17, 15) is 18.0 Å². The van der Waals surface area contributed by atoms with Gasteiger partial charge in [0.2, 0.25) is 0 Å². The Labute approximate surface area is 177 Å². The maximum Gasteiger partial charge on any atom is 0.453 e.